The second-order valence-corrected chi connectivity index (χ2v) is 7.58. The monoisotopic (exact) mass is 369 g/mol. The van der Waals surface area contributed by atoms with Gasteiger partial charge in [-0.2, -0.15) is 0 Å². The van der Waals surface area contributed by atoms with Crippen LogP contribution in [-0.2, 0) is 16.1 Å². The number of rotatable bonds is 2. The van der Waals surface area contributed by atoms with Gasteiger partial charge >= 0.3 is 6.09 Å². The van der Waals surface area contributed by atoms with E-state index < -0.39 is 5.60 Å². The lowest BCUT2D eigenvalue weighted by molar-refractivity contribution is -0.137. The third-order valence-corrected chi connectivity index (χ3v) is 5.55. The van der Waals surface area contributed by atoms with Crippen molar-refractivity contribution in [2.75, 3.05) is 26.7 Å². The Morgan fingerprint density at radius 3 is 2.74 bits per heavy atom. The largest absolute Gasteiger partial charge is 0.439 e. The number of likely N-dealkylation sites (N-methyl/N-ethyl adjacent to an activating group) is 1. The zero-order valence-electron chi connectivity index (χ0n) is 15.6. The molecule has 0 radical (unpaired) electrons. The minimum atomic E-state index is -0.597. The van der Waals surface area contributed by atoms with E-state index in [-0.39, 0.29) is 24.0 Å². The van der Waals surface area contributed by atoms with Crippen LogP contribution >= 0.6 is 0 Å². The number of para-hydroxylation sites is 1. The Bertz CT molecular complexity index is 983. The summed E-state index contributed by atoms with van der Waals surface area (Å²) in [5.41, 5.74) is 0.880. The topological polar surface area (TPSA) is 71.9 Å². The Labute approximate surface area is 157 Å². The zero-order valence-corrected chi connectivity index (χ0v) is 15.6. The van der Waals surface area contributed by atoms with Crippen molar-refractivity contribution in [3.05, 3.63) is 46.2 Å². The first-order chi connectivity index (χ1) is 12.9. The zero-order chi connectivity index (χ0) is 19.2. The number of hydrogen-bond acceptors (Lipinski definition) is 4. The SMILES string of the molecule is Cc1cc(=O)c2ccccc2n1CC(=O)N1CCC[C@@]2(CN(C)C(=O)O2)C1. The summed E-state index contributed by atoms with van der Waals surface area (Å²) in [4.78, 5) is 40.4. The molecule has 2 fully saturated rings. The third-order valence-electron chi connectivity index (χ3n) is 5.55. The molecule has 2 aromatic rings. The van der Waals surface area contributed by atoms with Crippen LogP contribution in [0, 0.1) is 6.92 Å². The molecule has 2 aliphatic heterocycles. The van der Waals surface area contributed by atoms with Crippen LogP contribution in [0.15, 0.2) is 35.1 Å². The normalized spacial score (nSPS) is 22.5. The van der Waals surface area contributed by atoms with E-state index in [9.17, 15) is 14.4 Å². The maximum Gasteiger partial charge on any atom is 0.410 e. The summed E-state index contributed by atoms with van der Waals surface area (Å²) >= 11 is 0. The number of carbonyl (C=O) groups excluding carboxylic acids is 2. The van der Waals surface area contributed by atoms with E-state index in [0.29, 0.717) is 25.0 Å². The molecule has 0 bridgehead atoms. The molecule has 1 atom stereocenters. The van der Waals surface area contributed by atoms with Crippen LogP contribution in [0.2, 0.25) is 0 Å². The Balaban J connectivity index is 1.59. The molecule has 2 amide bonds. The molecular formula is C20H23N3O4. The highest BCUT2D eigenvalue weighted by Crippen LogP contribution is 2.31. The fourth-order valence-electron chi connectivity index (χ4n) is 4.21. The number of fused-ring (bicyclic) bond motifs is 1. The molecular weight excluding hydrogens is 346 g/mol. The molecule has 2 saturated heterocycles. The van der Waals surface area contributed by atoms with E-state index >= 15 is 0 Å². The highest BCUT2D eigenvalue weighted by atomic mass is 16.6. The smallest absolute Gasteiger partial charge is 0.410 e. The average Bonchev–Trinajstić information content (AvgIpc) is 2.91. The van der Waals surface area contributed by atoms with Crippen LogP contribution < -0.4 is 5.43 Å². The van der Waals surface area contributed by atoms with Crippen molar-refractivity contribution in [1.29, 1.82) is 0 Å². The van der Waals surface area contributed by atoms with Crippen molar-refractivity contribution in [1.82, 2.24) is 14.4 Å². The van der Waals surface area contributed by atoms with Crippen LogP contribution in [0.4, 0.5) is 4.79 Å². The summed E-state index contributed by atoms with van der Waals surface area (Å²) in [5, 5.41) is 0.609. The molecule has 0 N–H and O–H groups in total. The van der Waals surface area contributed by atoms with Crippen molar-refractivity contribution in [3.8, 4) is 0 Å². The van der Waals surface area contributed by atoms with Gasteiger partial charge in [0.1, 0.15) is 12.1 Å². The summed E-state index contributed by atoms with van der Waals surface area (Å²) in [5.74, 6) is -0.0309. The minimum Gasteiger partial charge on any atom is -0.439 e. The van der Waals surface area contributed by atoms with Gasteiger partial charge in [-0.3, -0.25) is 9.59 Å². The summed E-state index contributed by atoms with van der Waals surface area (Å²) in [6.45, 7) is 3.58. The highest BCUT2D eigenvalue weighted by molar-refractivity contribution is 5.83. The summed E-state index contributed by atoms with van der Waals surface area (Å²) < 4.78 is 7.47. The first-order valence-electron chi connectivity index (χ1n) is 9.20. The fourth-order valence-corrected chi connectivity index (χ4v) is 4.21. The molecule has 7 heteroatoms. The van der Waals surface area contributed by atoms with Crippen LogP contribution in [-0.4, -0.2) is 58.7 Å². The Kier molecular flexibility index (Phi) is 4.17. The standard InChI is InChI=1S/C20H23N3O4/c1-14-10-17(24)15-6-3-4-7-16(15)23(14)11-18(25)22-9-5-8-20(13-22)12-21(2)19(26)27-20/h3-4,6-7,10H,5,8-9,11-13H2,1-2H3/t20-/m1/s1. The molecule has 4 rings (SSSR count). The van der Waals surface area contributed by atoms with Gasteiger partial charge in [0.05, 0.1) is 18.6 Å². The molecule has 2 aliphatic rings. The van der Waals surface area contributed by atoms with Crippen molar-refractivity contribution in [2.24, 2.45) is 0 Å². The van der Waals surface area contributed by atoms with Crippen molar-refractivity contribution >= 4 is 22.9 Å². The summed E-state index contributed by atoms with van der Waals surface area (Å²) in [6.07, 6.45) is 1.25. The molecule has 142 valence electrons. The maximum absolute atomic E-state index is 13.0. The number of pyridine rings is 1. The van der Waals surface area contributed by atoms with Gasteiger partial charge in [0.25, 0.3) is 0 Å². The van der Waals surface area contributed by atoms with Crippen LogP contribution in [0.5, 0.6) is 0 Å². The van der Waals surface area contributed by atoms with Gasteiger partial charge in [-0.15, -0.1) is 0 Å². The predicted octanol–water partition coefficient (Wildman–Crippen LogP) is 1.75. The van der Waals surface area contributed by atoms with Gasteiger partial charge in [-0.1, -0.05) is 12.1 Å². The Hall–Kier alpha value is -2.83. The molecule has 7 nitrogen and oxygen atoms in total. The number of likely N-dealkylation sites (tertiary alicyclic amines) is 1. The lowest BCUT2D eigenvalue weighted by Crippen LogP contribution is -2.53. The molecule has 0 saturated carbocycles. The molecule has 1 spiro atoms. The Morgan fingerprint density at radius 1 is 1.22 bits per heavy atom. The highest BCUT2D eigenvalue weighted by Gasteiger charge is 2.47. The quantitative estimate of drug-likeness (QED) is 0.809. The number of carbonyl (C=O) groups is 2. The lowest BCUT2D eigenvalue weighted by atomic mass is 9.92. The van der Waals surface area contributed by atoms with Crippen LogP contribution in [0.3, 0.4) is 0 Å². The van der Waals surface area contributed by atoms with E-state index in [0.717, 1.165) is 24.1 Å². The Morgan fingerprint density at radius 2 is 2.00 bits per heavy atom. The molecule has 1 aromatic carbocycles. The van der Waals surface area contributed by atoms with Gasteiger partial charge in [0, 0.05) is 30.7 Å². The first-order valence-corrected chi connectivity index (χ1v) is 9.20. The van der Waals surface area contributed by atoms with Crippen LogP contribution in [0.25, 0.3) is 10.9 Å². The predicted molar refractivity (Wildman–Crippen MR) is 101 cm³/mol. The number of nitrogens with zero attached hydrogens (tertiary/aromatic N) is 3. The number of ether oxygens (including phenoxy) is 1. The second-order valence-electron chi connectivity index (χ2n) is 7.58. The van der Waals surface area contributed by atoms with E-state index in [2.05, 4.69) is 0 Å². The average molecular weight is 369 g/mol. The fraction of sp³-hybridized carbons (Fsp3) is 0.450. The van der Waals surface area contributed by atoms with Crippen molar-refractivity contribution < 1.29 is 14.3 Å². The van der Waals surface area contributed by atoms with E-state index in [1.165, 1.54) is 0 Å². The van der Waals surface area contributed by atoms with Gasteiger partial charge in [0.2, 0.25) is 5.91 Å². The number of amides is 2. The number of piperidine rings is 1. The van der Waals surface area contributed by atoms with Gasteiger partial charge < -0.3 is 19.1 Å². The van der Waals surface area contributed by atoms with Gasteiger partial charge in [0.15, 0.2) is 5.43 Å². The molecule has 1 aromatic heterocycles. The first kappa shape index (κ1) is 17.6. The number of hydrogen-bond donors (Lipinski definition) is 0. The van der Waals surface area contributed by atoms with E-state index in [1.54, 1.807) is 29.0 Å². The van der Waals surface area contributed by atoms with Crippen molar-refractivity contribution in [2.45, 2.75) is 31.9 Å². The van der Waals surface area contributed by atoms with Crippen molar-refractivity contribution in [3.63, 3.8) is 0 Å². The van der Waals surface area contributed by atoms with E-state index in [1.807, 2.05) is 29.7 Å². The molecule has 27 heavy (non-hydrogen) atoms. The third kappa shape index (κ3) is 3.07. The van der Waals surface area contributed by atoms with Gasteiger partial charge in [-0.25, -0.2) is 4.79 Å². The van der Waals surface area contributed by atoms with Gasteiger partial charge in [-0.05, 0) is 31.9 Å². The second kappa shape index (κ2) is 6.40. The molecule has 0 aliphatic carbocycles. The number of aromatic nitrogens is 1. The summed E-state index contributed by atoms with van der Waals surface area (Å²) in [6, 6.07) is 8.90. The molecule has 3 heterocycles. The summed E-state index contributed by atoms with van der Waals surface area (Å²) in [7, 11) is 1.72. The lowest BCUT2D eigenvalue weighted by Gasteiger charge is -2.38. The maximum atomic E-state index is 13.0. The van der Waals surface area contributed by atoms with Crippen LogP contribution in [0.1, 0.15) is 18.5 Å². The number of aryl methyl sites for hydroxylation is 1. The number of benzene rings is 1. The molecule has 0 unspecified atom stereocenters. The minimum absolute atomic E-state index is 0.0309. The van der Waals surface area contributed by atoms with E-state index in [4.69, 9.17) is 4.74 Å².